The smallest absolute Gasteiger partial charge is 0.338 e. The van der Waals surface area contributed by atoms with Gasteiger partial charge in [0.25, 0.3) is 5.91 Å². The van der Waals surface area contributed by atoms with E-state index in [1.807, 2.05) is 12.1 Å². The van der Waals surface area contributed by atoms with Crippen LogP contribution in [0.25, 0.3) is 17.4 Å². The Morgan fingerprint density at radius 1 is 1.13 bits per heavy atom. The molecule has 3 rings (SSSR count). The first-order valence-corrected chi connectivity index (χ1v) is 9.27. The van der Waals surface area contributed by atoms with E-state index in [1.165, 1.54) is 13.2 Å². The van der Waals surface area contributed by atoms with Gasteiger partial charge in [-0.15, -0.1) is 0 Å². The van der Waals surface area contributed by atoms with Crippen LogP contribution in [0.2, 0.25) is 5.02 Å². The second-order valence-electron chi connectivity index (χ2n) is 6.30. The van der Waals surface area contributed by atoms with E-state index < -0.39 is 11.9 Å². The highest BCUT2D eigenvalue weighted by molar-refractivity contribution is 6.30. The van der Waals surface area contributed by atoms with Crippen LogP contribution in [0, 0.1) is 18.3 Å². The second kappa shape index (κ2) is 9.12. The molecule has 3 aromatic rings. The number of anilines is 1. The van der Waals surface area contributed by atoms with Gasteiger partial charge in [0.2, 0.25) is 0 Å². The van der Waals surface area contributed by atoms with Crippen LogP contribution >= 0.6 is 11.6 Å². The Morgan fingerprint density at radius 3 is 2.53 bits per heavy atom. The molecule has 0 saturated carbocycles. The molecule has 0 spiro atoms. The number of ether oxygens (including phenoxy) is 1. The number of carbonyl (C=O) groups is 2. The van der Waals surface area contributed by atoms with Gasteiger partial charge in [0, 0.05) is 22.3 Å². The maximum atomic E-state index is 12.4. The molecule has 7 heteroatoms. The summed E-state index contributed by atoms with van der Waals surface area (Å²) in [6, 6.07) is 17.0. The second-order valence-corrected chi connectivity index (χ2v) is 6.74. The summed E-state index contributed by atoms with van der Waals surface area (Å²) in [4.78, 5) is 24.3. The van der Waals surface area contributed by atoms with Crippen molar-refractivity contribution in [1.82, 2.24) is 0 Å². The van der Waals surface area contributed by atoms with Crippen molar-refractivity contribution in [3.63, 3.8) is 0 Å². The monoisotopic (exact) mass is 420 g/mol. The third kappa shape index (κ3) is 4.59. The summed E-state index contributed by atoms with van der Waals surface area (Å²) in [5.74, 6) is -0.177. The summed E-state index contributed by atoms with van der Waals surface area (Å²) < 4.78 is 10.6. The first kappa shape index (κ1) is 20.9. The predicted molar refractivity (Wildman–Crippen MR) is 114 cm³/mol. The SMILES string of the molecule is COC(=O)c1cccc(-c2ccc(/C=C(/C#N)C(=O)Nc3ccc(Cl)cc3)o2)c1C. The molecule has 0 saturated heterocycles. The zero-order valence-corrected chi connectivity index (χ0v) is 17.0. The summed E-state index contributed by atoms with van der Waals surface area (Å²) in [6.07, 6.45) is 1.36. The number of amides is 1. The molecule has 2 aromatic carbocycles. The number of nitriles is 1. The number of rotatable bonds is 5. The molecule has 6 nitrogen and oxygen atoms in total. The van der Waals surface area contributed by atoms with Gasteiger partial charge in [0.05, 0.1) is 12.7 Å². The minimum absolute atomic E-state index is 0.120. The third-order valence-corrected chi connectivity index (χ3v) is 4.64. The lowest BCUT2D eigenvalue weighted by Gasteiger charge is -2.07. The number of furan rings is 1. The number of hydrogen-bond acceptors (Lipinski definition) is 5. The molecule has 1 amide bonds. The van der Waals surface area contributed by atoms with E-state index in [0.29, 0.717) is 38.9 Å². The van der Waals surface area contributed by atoms with Crippen LogP contribution in [0.3, 0.4) is 0 Å². The van der Waals surface area contributed by atoms with Crippen molar-refractivity contribution >= 4 is 35.2 Å². The molecule has 0 aliphatic carbocycles. The maximum Gasteiger partial charge on any atom is 0.338 e. The summed E-state index contributed by atoms with van der Waals surface area (Å²) in [5.41, 5.74) is 2.24. The minimum atomic E-state index is -0.568. The fourth-order valence-corrected chi connectivity index (χ4v) is 2.96. The van der Waals surface area contributed by atoms with Crippen molar-refractivity contribution in [3.05, 3.63) is 82.1 Å². The van der Waals surface area contributed by atoms with E-state index in [1.54, 1.807) is 55.5 Å². The molecule has 1 aromatic heterocycles. The number of nitrogens with one attached hydrogen (secondary N) is 1. The van der Waals surface area contributed by atoms with Gasteiger partial charge in [-0.1, -0.05) is 23.7 Å². The lowest BCUT2D eigenvalue weighted by Crippen LogP contribution is -2.13. The molecule has 0 aliphatic rings. The third-order valence-electron chi connectivity index (χ3n) is 4.39. The maximum absolute atomic E-state index is 12.4. The molecule has 0 atom stereocenters. The van der Waals surface area contributed by atoms with Crippen molar-refractivity contribution in [2.24, 2.45) is 0 Å². The zero-order valence-electron chi connectivity index (χ0n) is 16.2. The number of nitrogens with zero attached hydrogens (tertiary/aromatic N) is 1. The summed E-state index contributed by atoms with van der Waals surface area (Å²) in [5, 5.41) is 12.6. The average Bonchev–Trinajstić information content (AvgIpc) is 3.21. The Hall–Kier alpha value is -3.82. The summed E-state index contributed by atoms with van der Waals surface area (Å²) >= 11 is 5.83. The van der Waals surface area contributed by atoms with Gasteiger partial charge in [-0.3, -0.25) is 4.79 Å². The van der Waals surface area contributed by atoms with Crippen LogP contribution in [-0.2, 0) is 9.53 Å². The molecule has 1 heterocycles. The van der Waals surface area contributed by atoms with E-state index in [4.69, 9.17) is 20.8 Å². The quantitative estimate of drug-likeness (QED) is 0.346. The zero-order chi connectivity index (χ0) is 21.7. The molecular formula is C23H17ClN2O4. The van der Waals surface area contributed by atoms with Gasteiger partial charge < -0.3 is 14.5 Å². The van der Waals surface area contributed by atoms with Crippen LogP contribution in [0.1, 0.15) is 21.7 Å². The fourth-order valence-electron chi connectivity index (χ4n) is 2.83. The highest BCUT2D eigenvalue weighted by Gasteiger charge is 2.16. The van der Waals surface area contributed by atoms with Gasteiger partial charge >= 0.3 is 5.97 Å². The predicted octanol–water partition coefficient (Wildman–Crippen LogP) is 5.24. The minimum Gasteiger partial charge on any atom is -0.465 e. The van der Waals surface area contributed by atoms with Gasteiger partial charge in [-0.05, 0) is 55.0 Å². The topological polar surface area (TPSA) is 92.3 Å². The Balaban J connectivity index is 1.85. The molecule has 1 N–H and O–H groups in total. The normalized spacial score (nSPS) is 10.9. The van der Waals surface area contributed by atoms with Crippen LogP contribution < -0.4 is 5.32 Å². The van der Waals surface area contributed by atoms with Crippen LogP contribution in [-0.4, -0.2) is 19.0 Å². The van der Waals surface area contributed by atoms with E-state index >= 15 is 0 Å². The van der Waals surface area contributed by atoms with E-state index in [9.17, 15) is 14.9 Å². The molecule has 30 heavy (non-hydrogen) atoms. The number of methoxy groups -OCH3 is 1. The molecule has 0 aliphatic heterocycles. The van der Waals surface area contributed by atoms with Crippen molar-refractivity contribution in [2.45, 2.75) is 6.92 Å². The van der Waals surface area contributed by atoms with Crippen molar-refractivity contribution < 1.29 is 18.7 Å². The molecule has 0 bridgehead atoms. The standard InChI is InChI=1S/C23H17ClN2O4/c1-14-19(4-3-5-20(14)23(28)29-2)21-11-10-18(30-21)12-15(13-25)22(27)26-17-8-6-16(24)7-9-17/h3-12H,1-2H3,(H,26,27)/b15-12-. The molecule has 0 fully saturated rings. The van der Waals surface area contributed by atoms with Gasteiger partial charge in [-0.2, -0.15) is 5.26 Å². The molecule has 0 radical (unpaired) electrons. The fraction of sp³-hybridized carbons (Fsp3) is 0.0870. The number of esters is 1. The number of carbonyl (C=O) groups excluding carboxylic acids is 2. The van der Waals surface area contributed by atoms with Crippen molar-refractivity contribution in [2.75, 3.05) is 12.4 Å². The Labute approximate surface area is 178 Å². The van der Waals surface area contributed by atoms with E-state index in [0.717, 1.165) is 0 Å². The summed E-state index contributed by atoms with van der Waals surface area (Å²) in [7, 11) is 1.32. The highest BCUT2D eigenvalue weighted by atomic mass is 35.5. The average molecular weight is 421 g/mol. The van der Waals surface area contributed by atoms with Gasteiger partial charge in [0.1, 0.15) is 23.2 Å². The van der Waals surface area contributed by atoms with E-state index in [-0.39, 0.29) is 5.57 Å². The molecule has 150 valence electrons. The largest absolute Gasteiger partial charge is 0.465 e. The van der Waals surface area contributed by atoms with Crippen LogP contribution in [0.4, 0.5) is 5.69 Å². The van der Waals surface area contributed by atoms with Crippen LogP contribution in [0.5, 0.6) is 0 Å². The molecular weight excluding hydrogens is 404 g/mol. The van der Waals surface area contributed by atoms with Crippen molar-refractivity contribution in [3.8, 4) is 17.4 Å². The number of halogens is 1. The molecule has 0 unspecified atom stereocenters. The van der Waals surface area contributed by atoms with Crippen molar-refractivity contribution in [1.29, 1.82) is 5.26 Å². The summed E-state index contributed by atoms with van der Waals surface area (Å²) in [6.45, 7) is 1.79. The van der Waals surface area contributed by atoms with Gasteiger partial charge in [0.15, 0.2) is 0 Å². The first-order chi connectivity index (χ1) is 14.4. The first-order valence-electron chi connectivity index (χ1n) is 8.89. The number of hydrogen-bond donors (Lipinski definition) is 1. The highest BCUT2D eigenvalue weighted by Crippen LogP contribution is 2.28. The van der Waals surface area contributed by atoms with Gasteiger partial charge in [-0.25, -0.2) is 4.79 Å². The number of benzene rings is 2. The Bertz CT molecular complexity index is 1170. The lowest BCUT2D eigenvalue weighted by atomic mass is 10.0. The van der Waals surface area contributed by atoms with Crippen LogP contribution in [0.15, 0.2) is 64.6 Å². The van der Waals surface area contributed by atoms with E-state index in [2.05, 4.69) is 5.32 Å². The lowest BCUT2D eigenvalue weighted by molar-refractivity contribution is -0.112. The Morgan fingerprint density at radius 2 is 1.87 bits per heavy atom. The Kier molecular flexibility index (Phi) is 6.35.